The Balaban J connectivity index is 1.96. The van der Waals surface area contributed by atoms with Crippen LogP contribution >= 0.6 is 22.9 Å². The molecule has 1 atom stereocenters. The maximum atomic E-state index is 6.11. The van der Waals surface area contributed by atoms with Gasteiger partial charge >= 0.3 is 0 Å². The van der Waals surface area contributed by atoms with Crippen LogP contribution in [0.1, 0.15) is 24.1 Å². The van der Waals surface area contributed by atoms with Crippen molar-refractivity contribution in [2.45, 2.75) is 19.4 Å². The van der Waals surface area contributed by atoms with Gasteiger partial charge in [-0.3, -0.25) is 0 Å². The van der Waals surface area contributed by atoms with E-state index in [9.17, 15) is 0 Å². The van der Waals surface area contributed by atoms with E-state index in [1.165, 1.54) is 21.2 Å². The van der Waals surface area contributed by atoms with Crippen molar-refractivity contribution in [3.05, 3.63) is 70.1 Å². The lowest BCUT2D eigenvalue weighted by atomic mass is 9.98. The number of rotatable bonds is 5. The summed E-state index contributed by atoms with van der Waals surface area (Å²) in [6.07, 6.45) is 0.950. The number of nitrogens with one attached hydrogen (secondary N) is 1. The van der Waals surface area contributed by atoms with Crippen LogP contribution in [-0.4, -0.2) is 6.54 Å². The molecule has 108 valence electrons. The lowest BCUT2D eigenvalue weighted by Crippen LogP contribution is -2.23. The van der Waals surface area contributed by atoms with Gasteiger partial charge in [0.25, 0.3) is 0 Å². The average Bonchev–Trinajstić information content (AvgIpc) is 2.95. The molecule has 0 spiro atoms. The molecule has 0 aliphatic rings. The Morgan fingerprint density at radius 2 is 2.00 bits per heavy atom. The van der Waals surface area contributed by atoms with Crippen molar-refractivity contribution in [3.63, 3.8) is 0 Å². The summed E-state index contributed by atoms with van der Waals surface area (Å²) in [6.45, 7) is 3.10. The highest BCUT2D eigenvalue weighted by molar-refractivity contribution is 7.17. The molecule has 0 aliphatic carbocycles. The molecule has 0 saturated heterocycles. The van der Waals surface area contributed by atoms with Gasteiger partial charge in [0.05, 0.1) is 0 Å². The van der Waals surface area contributed by atoms with Crippen LogP contribution in [-0.2, 0) is 6.42 Å². The third kappa shape index (κ3) is 3.29. The fourth-order valence-electron chi connectivity index (χ4n) is 2.73. The molecular formula is C18H18ClNS. The highest BCUT2D eigenvalue weighted by atomic mass is 35.5. The minimum atomic E-state index is 0.316. The van der Waals surface area contributed by atoms with Crippen LogP contribution in [0, 0.1) is 0 Å². The standard InChI is InChI=1S/C18H18ClNS/c1-2-20-17(12-13-5-3-7-15(19)11-13)16-8-4-6-14-9-10-21-18(14)16/h3-11,17,20H,2,12H2,1H3. The molecule has 0 bridgehead atoms. The second-order valence-corrected chi connectivity index (χ2v) is 6.48. The number of hydrogen-bond acceptors (Lipinski definition) is 2. The van der Waals surface area contributed by atoms with Crippen LogP contribution in [0.2, 0.25) is 5.02 Å². The highest BCUT2D eigenvalue weighted by Gasteiger charge is 2.15. The lowest BCUT2D eigenvalue weighted by Gasteiger charge is -2.19. The normalized spacial score (nSPS) is 12.7. The maximum absolute atomic E-state index is 6.11. The van der Waals surface area contributed by atoms with E-state index in [-0.39, 0.29) is 0 Å². The fraction of sp³-hybridized carbons (Fsp3) is 0.222. The fourth-order valence-corrected chi connectivity index (χ4v) is 3.91. The largest absolute Gasteiger partial charge is 0.310 e. The van der Waals surface area contributed by atoms with Crippen molar-refractivity contribution in [1.82, 2.24) is 5.32 Å². The number of thiophene rings is 1. The van der Waals surface area contributed by atoms with Gasteiger partial charge in [-0.25, -0.2) is 0 Å². The predicted octanol–water partition coefficient (Wildman–Crippen LogP) is 5.45. The molecule has 0 amide bonds. The van der Waals surface area contributed by atoms with E-state index in [0.29, 0.717) is 6.04 Å². The van der Waals surface area contributed by atoms with Crippen LogP contribution in [0.5, 0.6) is 0 Å². The maximum Gasteiger partial charge on any atom is 0.0408 e. The molecule has 0 radical (unpaired) electrons. The van der Waals surface area contributed by atoms with Crippen LogP contribution in [0.4, 0.5) is 0 Å². The summed E-state index contributed by atoms with van der Waals surface area (Å²) in [6, 6.07) is 17.2. The quantitative estimate of drug-likeness (QED) is 0.660. The van der Waals surface area contributed by atoms with Crippen molar-refractivity contribution in [2.24, 2.45) is 0 Å². The Hall–Kier alpha value is -1.35. The van der Waals surface area contributed by atoms with E-state index in [1.54, 1.807) is 0 Å². The molecule has 21 heavy (non-hydrogen) atoms. The first kappa shape index (κ1) is 14.6. The Morgan fingerprint density at radius 1 is 1.14 bits per heavy atom. The summed E-state index contributed by atoms with van der Waals surface area (Å²) in [5.41, 5.74) is 2.64. The van der Waals surface area contributed by atoms with Gasteiger partial charge in [-0.2, -0.15) is 0 Å². The minimum Gasteiger partial charge on any atom is -0.310 e. The first-order chi connectivity index (χ1) is 10.3. The molecule has 1 heterocycles. The molecule has 0 fully saturated rings. The predicted molar refractivity (Wildman–Crippen MR) is 93.4 cm³/mol. The van der Waals surface area contributed by atoms with E-state index in [4.69, 9.17) is 11.6 Å². The van der Waals surface area contributed by atoms with Crippen LogP contribution in [0.3, 0.4) is 0 Å². The van der Waals surface area contributed by atoms with Crippen molar-refractivity contribution >= 4 is 33.0 Å². The van der Waals surface area contributed by atoms with Crippen LogP contribution in [0.15, 0.2) is 53.9 Å². The minimum absolute atomic E-state index is 0.316. The molecule has 2 aromatic carbocycles. The number of fused-ring (bicyclic) bond motifs is 1. The molecule has 1 aromatic heterocycles. The molecule has 1 unspecified atom stereocenters. The average molecular weight is 316 g/mol. The highest BCUT2D eigenvalue weighted by Crippen LogP contribution is 2.31. The Kier molecular flexibility index (Phi) is 4.59. The Bertz CT molecular complexity index is 735. The zero-order valence-electron chi connectivity index (χ0n) is 12.0. The monoisotopic (exact) mass is 315 g/mol. The third-order valence-corrected chi connectivity index (χ3v) is 4.88. The molecule has 3 rings (SSSR count). The smallest absolute Gasteiger partial charge is 0.0408 e. The number of halogens is 1. The molecule has 0 aliphatic heterocycles. The zero-order valence-corrected chi connectivity index (χ0v) is 13.5. The number of hydrogen-bond donors (Lipinski definition) is 1. The lowest BCUT2D eigenvalue weighted by molar-refractivity contribution is 0.554. The van der Waals surface area contributed by atoms with Crippen LogP contribution < -0.4 is 5.32 Å². The molecule has 1 N–H and O–H groups in total. The summed E-state index contributed by atoms with van der Waals surface area (Å²) < 4.78 is 1.38. The number of benzene rings is 2. The van der Waals surface area contributed by atoms with Gasteiger partial charge in [-0.05, 0) is 53.1 Å². The summed E-state index contributed by atoms with van der Waals surface area (Å²) in [7, 11) is 0. The van der Waals surface area contributed by atoms with E-state index in [0.717, 1.165) is 18.0 Å². The van der Waals surface area contributed by atoms with Gasteiger partial charge in [0, 0.05) is 15.8 Å². The summed E-state index contributed by atoms with van der Waals surface area (Å²) >= 11 is 7.93. The van der Waals surface area contributed by atoms with Crippen molar-refractivity contribution < 1.29 is 0 Å². The van der Waals surface area contributed by atoms with E-state index >= 15 is 0 Å². The van der Waals surface area contributed by atoms with Gasteiger partial charge in [0.1, 0.15) is 0 Å². The number of likely N-dealkylation sites (N-methyl/N-ethyl adjacent to an activating group) is 1. The second-order valence-electron chi connectivity index (χ2n) is 5.13. The Labute approximate surface area is 134 Å². The molecule has 1 nitrogen and oxygen atoms in total. The zero-order chi connectivity index (χ0) is 14.7. The first-order valence-electron chi connectivity index (χ1n) is 7.22. The first-order valence-corrected chi connectivity index (χ1v) is 8.47. The van der Waals surface area contributed by atoms with E-state index in [1.807, 2.05) is 23.5 Å². The van der Waals surface area contributed by atoms with E-state index in [2.05, 4.69) is 54.0 Å². The third-order valence-electron chi connectivity index (χ3n) is 3.66. The Morgan fingerprint density at radius 3 is 2.81 bits per heavy atom. The topological polar surface area (TPSA) is 12.0 Å². The summed E-state index contributed by atoms with van der Waals surface area (Å²) in [4.78, 5) is 0. The van der Waals surface area contributed by atoms with Crippen LogP contribution in [0.25, 0.3) is 10.1 Å². The van der Waals surface area contributed by atoms with E-state index < -0.39 is 0 Å². The van der Waals surface area contributed by atoms with Gasteiger partial charge in [0.2, 0.25) is 0 Å². The summed E-state index contributed by atoms with van der Waals surface area (Å²) in [5, 5.41) is 7.90. The van der Waals surface area contributed by atoms with Gasteiger partial charge in [-0.1, -0.05) is 48.9 Å². The van der Waals surface area contributed by atoms with Crippen molar-refractivity contribution in [1.29, 1.82) is 0 Å². The molecular weight excluding hydrogens is 298 g/mol. The molecule has 3 heteroatoms. The van der Waals surface area contributed by atoms with Gasteiger partial charge in [-0.15, -0.1) is 11.3 Å². The van der Waals surface area contributed by atoms with Gasteiger partial charge < -0.3 is 5.32 Å². The second kappa shape index (κ2) is 6.61. The SMILES string of the molecule is CCNC(Cc1cccc(Cl)c1)c1cccc2ccsc12. The summed E-state index contributed by atoms with van der Waals surface area (Å²) in [5.74, 6) is 0. The molecule has 0 saturated carbocycles. The molecule has 3 aromatic rings. The van der Waals surface area contributed by atoms with Gasteiger partial charge in [0.15, 0.2) is 0 Å². The van der Waals surface area contributed by atoms with Crippen molar-refractivity contribution in [3.8, 4) is 0 Å². The van der Waals surface area contributed by atoms with Crippen molar-refractivity contribution in [2.75, 3.05) is 6.54 Å².